The number of para-hydroxylation sites is 1. The zero-order valence-electron chi connectivity index (χ0n) is 13.8. The Kier molecular flexibility index (Phi) is 6.85. The Morgan fingerprint density at radius 2 is 2.09 bits per heavy atom. The van der Waals surface area contributed by atoms with Crippen LogP contribution in [0.5, 0.6) is 0 Å². The lowest BCUT2D eigenvalue weighted by molar-refractivity contribution is -0.118. The maximum absolute atomic E-state index is 12.3. The molecule has 0 aliphatic carbocycles. The Morgan fingerprint density at radius 3 is 2.73 bits per heavy atom. The maximum Gasteiger partial charge on any atom is 0.238 e. The first-order valence-electron chi connectivity index (χ1n) is 7.78. The van der Waals surface area contributed by atoms with Gasteiger partial charge in [-0.3, -0.25) is 9.69 Å². The van der Waals surface area contributed by atoms with E-state index in [0.29, 0.717) is 6.54 Å². The Hall–Kier alpha value is -1.10. The molecule has 1 aromatic rings. The molecule has 22 heavy (non-hydrogen) atoms. The molecule has 1 unspecified atom stereocenters. The zero-order valence-corrected chi connectivity index (χ0v) is 14.6. The number of amides is 1. The number of halogens is 1. The minimum Gasteiger partial charge on any atom is -0.327 e. The van der Waals surface area contributed by atoms with E-state index < -0.39 is 0 Å². The number of nitrogens with two attached hydrogens (primary N) is 1. The molecule has 1 aromatic carbocycles. The predicted octanol–water partition coefficient (Wildman–Crippen LogP) is 2.67. The van der Waals surface area contributed by atoms with Crippen LogP contribution in [0.4, 0.5) is 5.69 Å². The van der Waals surface area contributed by atoms with Crippen molar-refractivity contribution in [2.45, 2.75) is 39.7 Å². The number of rotatable bonds is 4. The normalized spacial score (nSPS) is 21.0. The van der Waals surface area contributed by atoms with Gasteiger partial charge in [-0.2, -0.15) is 0 Å². The number of nitrogens with zero attached hydrogens (tertiary/aromatic N) is 1. The molecule has 4 nitrogen and oxygen atoms in total. The summed E-state index contributed by atoms with van der Waals surface area (Å²) >= 11 is 0. The molecule has 1 heterocycles. The Morgan fingerprint density at radius 1 is 1.41 bits per heavy atom. The molecule has 1 saturated heterocycles. The highest BCUT2D eigenvalue weighted by Gasteiger charge is 2.33. The van der Waals surface area contributed by atoms with Crippen LogP contribution in [-0.2, 0) is 11.2 Å². The molecule has 1 fully saturated rings. The standard InChI is InChI=1S/C17H27N3O.ClH/c1-4-13-7-5-6-8-14(13)19-16(21)11-20-10-9-15(18)17(2,3)12-20;/h5-8,15H,4,9-12,18H2,1-3H3,(H,19,21);1H. The number of carbonyl (C=O) groups is 1. The smallest absolute Gasteiger partial charge is 0.238 e. The Labute approximate surface area is 139 Å². The van der Waals surface area contributed by atoms with E-state index in [2.05, 4.69) is 37.1 Å². The van der Waals surface area contributed by atoms with Gasteiger partial charge in [-0.15, -0.1) is 12.4 Å². The van der Waals surface area contributed by atoms with Gasteiger partial charge in [0.05, 0.1) is 6.54 Å². The van der Waals surface area contributed by atoms with Crippen LogP contribution in [0.15, 0.2) is 24.3 Å². The second-order valence-corrected chi connectivity index (χ2v) is 6.65. The molecule has 5 heteroatoms. The van der Waals surface area contributed by atoms with Crippen molar-refractivity contribution in [2.24, 2.45) is 11.1 Å². The summed E-state index contributed by atoms with van der Waals surface area (Å²) in [5, 5.41) is 3.04. The van der Waals surface area contributed by atoms with Gasteiger partial charge in [0, 0.05) is 24.8 Å². The fourth-order valence-electron chi connectivity index (χ4n) is 2.96. The van der Waals surface area contributed by atoms with Crippen molar-refractivity contribution in [2.75, 3.05) is 25.0 Å². The molecule has 2 rings (SSSR count). The van der Waals surface area contributed by atoms with Crippen molar-refractivity contribution in [3.05, 3.63) is 29.8 Å². The molecule has 1 amide bonds. The fourth-order valence-corrected chi connectivity index (χ4v) is 2.96. The summed E-state index contributed by atoms with van der Waals surface area (Å²) in [6.07, 6.45) is 1.87. The molecule has 124 valence electrons. The number of nitrogens with one attached hydrogen (secondary N) is 1. The molecule has 3 N–H and O–H groups in total. The van der Waals surface area contributed by atoms with Gasteiger partial charge in [-0.1, -0.05) is 39.0 Å². The van der Waals surface area contributed by atoms with Crippen LogP contribution in [0, 0.1) is 5.41 Å². The van der Waals surface area contributed by atoms with Crippen LogP contribution in [-0.4, -0.2) is 36.5 Å². The van der Waals surface area contributed by atoms with Crippen molar-refractivity contribution in [1.82, 2.24) is 4.90 Å². The second-order valence-electron chi connectivity index (χ2n) is 6.65. The van der Waals surface area contributed by atoms with E-state index in [0.717, 1.165) is 31.6 Å². The van der Waals surface area contributed by atoms with Gasteiger partial charge >= 0.3 is 0 Å². The highest BCUT2D eigenvalue weighted by atomic mass is 35.5. The van der Waals surface area contributed by atoms with Crippen LogP contribution in [0.1, 0.15) is 32.8 Å². The third-order valence-corrected chi connectivity index (χ3v) is 4.43. The minimum atomic E-state index is 0. The fraction of sp³-hybridized carbons (Fsp3) is 0.588. The van der Waals surface area contributed by atoms with Gasteiger partial charge < -0.3 is 11.1 Å². The number of anilines is 1. The first-order valence-corrected chi connectivity index (χ1v) is 7.78. The van der Waals surface area contributed by atoms with E-state index in [1.165, 1.54) is 5.56 Å². The van der Waals surface area contributed by atoms with E-state index in [9.17, 15) is 4.79 Å². The molecule has 0 radical (unpaired) electrons. The number of benzene rings is 1. The average Bonchev–Trinajstić information content (AvgIpc) is 2.43. The predicted molar refractivity (Wildman–Crippen MR) is 94.5 cm³/mol. The van der Waals surface area contributed by atoms with E-state index in [4.69, 9.17) is 5.73 Å². The van der Waals surface area contributed by atoms with E-state index in [-0.39, 0.29) is 29.8 Å². The number of piperidine rings is 1. The average molecular weight is 326 g/mol. The summed E-state index contributed by atoms with van der Waals surface area (Å²) in [5.74, 6) is 0.0576. The molecule has 1 aliphatic heterocycles. The first kappa shape index (κ1) is 18.9. The lowest BCUT2D eigenvalue weighted by atomic mass is 9.80. The Balaban J connectivity index is 0.00000242. The number of hydrogen-bond acceptors (Lipinski definition) is 3. The van der Waals surface area contributed by atoms with Crippen molar-refractivity contribution >= 4 is 24.0 Å². The van der Waals surface area contributed by atoms with E-state index >= 15 is 0 Å². The lowest BCUT2D eigenvalue weighted by Gasteiger charge is -2.42. The monoisotopic (exact) mass is 325 g/mol. The third-order valence-electron chi connectivity index (χ3n) is 4.43. The largest absolute Gasteiger partial charge is 0.327 e. The lowest BCUT2D eigenvalue weighted by Crippen LogP contribution is -2.53. The summed E-state index contributed by atoms with van der Waals surface area (Å²) < 4.78 is 0. The van der Waals surface area contributed by atoms with Crippen LogP contribution in [0.3, 0.4) is 0 Å². The third kappa shape index (κ3) is 4.70. The Bertz CT molecular complexity index is 504. The summed E-state index contributed by atoms with van der Waals surface area (Å²) in [5.41, 5.74) is 8.31. The summed E-state index contributed by atoms with van der Waals surface area (Å²) in [4.78, 5) is 14.5. The number of hydrogen-bond donors (Lipinski definition) is 2. The van der Waals surface area contributed by atoms with Crippen LogP contribution >= 0.6 is 12.4 Å². The van der Waals surface area contributed by atoms with Gasteiger partial charge in [0.2, 0.25) is 5.91 Å². The molecule has 1 atom stereocenters. The first-order chi connectivity index (χ1) is 9.92. The van der Waals surface area contributed by atoms with Crippen LogP contribution < -0.4 is 11.1 Å². The number of likely N-dealkylation sites (tertiary alicyclic amines) is 1. The van der Waals surface area contributed by atoms with Crippen molar-refractivity contribution in [3.63, 3.8) is 0 Å². The topological polar surface area (TPSA) is 58.4 Å². The van der Waals surface area contributed by atoms with Crippen LogP contribution in [0.25, 0.3) is 0 Å². The van der Waals surface area contributed by atoms with Crippen molar-refractivity contribution in [3.8, 4) is 0 Å². The maximum atomic E-state index is 12.3. The molecule has 0 spiro atoms. The van der Waals surface area contributed by atoms with Crippen molar-refractivity contribution < 1.29 is 4.79 Å². The molecule has 0 saturated carbocycles. The molecule has 0 aromatic heterocycles. The molecular weight excluding hydrogens is 298 g/mol. The molecule has 0 bridgehead atoms. The second kappa shape index (κ2) is 7.95. The van der Waals surface area contributed by atoms with Gasteiger partial charge in [0.1, 0.15) is 0 Å². The minimum absolute atomic E-state index is 0. The van der Waals surface area contributed by atoms with E-state index in [1.54, 1.807) is 0 Å². The summed E-state index contributed by atoms with van der Waals surface area (Å²) in [7, 11) is 0. The van der Waals surface area contributed by atoms with Crippen molar-refractivity contribution in [1.29, 1.82) is 0 Å². The van der Waals surface area contributed by atoms with Gasteiger partial charge in [0.25, 0.3) is 0 Å². The summed E-state index contributed by atoms with van der Waals surface area (Å²) in [6.45, 7) is 8.65. The SMILES string of the molecule is CCc1ccccc1NC(=O)CN1CCC(N)C(C)(C)C1.Cl. The highest BCUT2D eigenvalue weighted by molar-refractivity contribution is 5.93. The quantitative estimate of drug-likeness (QED) is 0.894. The zero-order chi connectivity index (χ0) is 15.5. The molecular formula is C17H28ClN3O. The number of aryl methyl sites for hydroxylation is 1. The number of carbonyl (C=O) groups excluding carboxylic acids is 1. The van der Waals surface area contributed by atoms with Gasteiger partial charge in [0.15, 0.2) is 0 Å². The van der Waals surface area contributed by atoms with Crippen LogP contribution in [0.2, 0.25) is 0 Å². The summed E-state index contributed by atoms with van der Waals surface area (Å²) in [6, 6.07) is 8.20. The highest BCUT2D eigenvalue weighted by Crippen LogP contribution is 2.27. The van der Waals surface area contributed by atoms with E-state index in [1.807, 2.05) is 18.2 Å². The van der Waals surface area contributed by atoms with Gasteiger partial charge in [-0.25, -0.2) is 0 Å². The van der Waals surface area contributed by atoms with Gasteiger partial charge in [-0.05, 0) is 29.9 Å². The molecule has 1 aliphatic rings.